The normalized spacial score (nSPS) is 20.9. The molecule has 0 fully saturated rings. The summed E-state index contributed by atoms with van der Waals surface area (Å²) < 4.78 is 0. The summed E-state index contributed by atoms with van der Waals surface area (Å²) >= 11 is 0. The van der Waals surface area contributed by atoms with Gasteiger partial charge in [-0.2, -0.15) is 0 Å². The lowest BCUT2D eigenvalue weighted by molar-refractivity contribution is 0.391. The van der Waals surface area contributed by atoms with Crippen molar-refractivity contribution in [2.45, 2.75) is 52.4 Å². The molecule has 0 bridgehead atoms. The van der Waals surface area contributed by atoms with Crippen molar-refractivity contribution < 1.29 is 0 Å². The van der Waals surface area contributed by atoms with E-state index in [0.717, 1.165) is 11.8 Å². The Kier molecular flexibility index (Phi) is 2.93. The van der Waals surface area contributed by atoms with Crippen LogP contribution in [0.4, 0.5) is 0 Å². The molecule has 1 aromatic heterocycles. The average Bonchev–Trinajstić information content (AvgIpc) is 2.78. The summed E-state index contributed by atoms with van der Waals surface area (Å²) in [6.07, 6.45) is 5.24. The van der Waals surface area contributed by atoms with Gasteiger partial charge in [0.05, 0.1) is 0 Å². The maximum Gasteiger partial charge on any atom is 0.0488 e. The molecule has 0 saturated carbocycles. The molecule has 96 valence electrons. The van der Waals surface area contributed by atoms with Gasteiger partial charge < -0.3 is 4.98 Å². The smallest absolute Gasteiger partial charge is 0.0488 e. The number of aromatic nitrogens is 1. The molecule has 1 aliphatic carbocycles. The Balaban J connectivity index is 2.18. The quantitative estimate of drug-likeness (QED) is 0.766. The minimum absolute atomic E-state index is 0.741. The van der Waals surface area contributed by atoms with Crippen molar-refractivity contribution in [3.8, 4) is 0 Å². The molecule has 0 spiro atoms. The summed E-state index contributed by atoms with van der Waals surface area (Å²) in [7, 11) is 0. The Morgan fingerprint density at radius 2 is 2.22 bits per heavy atom. The van der Waals surface area contributed by atoms with Crippen LogP contribution < -0.4 is 0 Å². The van der Waals surface area contributed by atoms with Crippen LogP contribution in [0.1, 0.15) is 55.8 Å². The number of rotatable bonds is 2. The molecule has 0 radical (unpaired) electrons. The van der Waals surface area contributed by atoms with Crippen molar-refractivity contribution >= 4 is 10.9 Å². The van der Waals surface area contributed by atoms with Gasteiger partial charge in [-0.1, -0.05) is 38.5 Å². The second kappa shape index (κ2) is 4.46. The fourth-order valence-corrected chi connectivity index (χ4v) is 3.52. The molecule has 0 aliphatic heterocycles. The van der Waals surface area contributed by atoms with E-state index >= 15 is 0 Å². The standard InChI is InChI=1S/C17H23N/c1-4-11(2)13-8-6-10-15-14-9-5-7-12(3)16(14)18-17(13)15/h5,7,9,11,13,18H,4,6,8,10H2,1-3H3. The third-order valence-corrected chi connectivity index (χ3v) is 4.83. The third-order valence-electron chi connectivity index (χ3n) is 4.83. The van der Waals surface area contributed by atoms with Gasteiger partial charge in [0.1, 0.15) is 0 Å². The molecule has 1 aromatic carbocycles. The van der Waals surface area contributed by atoms with E-state index in [9.17, 15) is 0 Å². The van der Waals surface area contributed by atoms with Gasteiger partial charge in [0, 0.05) is 22.5 Å². The number of hydrogen-bond acceptors (Lipinski definition) is 0. The van der Waals surface area contributed by atoms with Crippen LogP contribution in [-0.4, -0.2) is 4.98 Å². The van der Waals surface area contributed by atoms with Gasteiger partial charge in [-0.15, -0.1) is 0 Å². The van der Waals surface area contributed by atoms with Crippen LogP contribution >= 0.6 is 0 Å². The molecule has 1 heterocycles. The highest BCUT2D eigenvalue weighted by Gasteiger charge is 2.27. The summed E-state index contributed by atoms with van der Waals surface area (Å²) in [5, 5.41) is 1.47. The molecule has 1 heteroatoms. The Morgan fingerprint density at radius 3 is 3.00 bits per heavy atom. The molecule has 1 N–H and O–H groups in total. The van der Waals surface area contributed by atoms with Crippen LogP contribution in [-0.2, 0) is 6.42 Å². The number of para-hydroxylation sites is 1. The predicted molar refractivity (Wildman–Crippen MR) is 78.2 cm³/mol. The van der Waals surface area contributed by atoms with Crippen molar-refractivity contribution in [2.24, 2.45) is 5.92 Å². The lowest BCUT2D eigenvalue weighted by Gasteiger charge is -2.27. The summed E-state index contributed by atoms with van der Waals surface area (Å²) in [5.74, 6) is 1.53. The Bertz CT molecular complexity index is 564. The van der Waals surface area contributed by atoms with Crippen molar-refractivity contribution in [1.82, 2.24) is 4.98 Å². The second-order valence-electron chi connectivity index (χ2n) is 5.90. The zero-order chi connectivity index (χ0) is 12.7. The van der Waals surface area contributed by atoms with Crippen LogP contribution in [0.2, 0.25) is 0 Å². The van der Waals surface area contributed by atoms with Gasteiger partial charge in [0.2, 0.25) is 0 Å². The molecular formula is C17H23N. The zero-order valence-corrected chi connectivity index (χ0v) is 11.7. The first-order valence-electron chi connectivity index (χ1n) is 7.32. The van der Waals surface area contributed by atoms with Crippen LogP contribution in [0.3, 0.4) is 0 Å². The van der Waals surface area contributed by atoms with Crippen molar-refractivity contribution in [3.05, 3.63) is 35.0 Å². The number of hydrogen-bond donors (Lipinski definition) is 1. The molecule has 2 atom stereocenters. The number of nitrogens with one attached hydrogen (secondary N) is 1. The zero-order valence-electron chi connectivity index (χ0n) is 11.7. The molecule has 3 rings (SSSR count). The first-order valence-corrected chi connectivity index (χ1v) is 7.32. The molecule has 18 heavy (non-hydrogen) atoms. The van der Waals surface area contributed by atoms with E-state index in [0.29, 0.717) is 0 Å². The highest BCUT2D eigenvalue weighted by atomic mass is 14.7. The molecule has 2 unspecified atom stereocenters. The van der Waals surface area contributed by atoms with E-state index in [1.807, 2.05) is 0 Å². The Labute approximate surface area is 110 Å². The second-order valence-corrected chi connectivity index (χ2v) is 5.90. The van der Waals surface area contributed by atoms with E-state index in [1.165, 1.54) is 42.1 Å². The van der Waals surface area contributed by atoms with E-state index in [-0.39, 0.29) is 0 Å². The first kappa shape index (κ1) is 11.8. The lowest BCUT2D eigenvalue weighted by atomic mass is 9.78. The number of fused-ring (bicyclic) bond motifs is 3. The van der Waals surface area contributed by atoms with Gasteiger partial charge in [-0.25, -0.2) is 0 Å². The summed E-state index contributed by atoms with van der Waals surface area (Å²) in [6.45, 7) is 6.92. The molecule has 1 aliphatic rings. The summed E-state index contributed by atoms with van der Waals surface area (Å²) in [4.78, 5) is 3.75. The fraction of sp³-hybridized carbons (Fsp3) is 0.529. The topological polar surface area (TPSA) is 15.8 Å². The van der Waals surface area contributed by atoms with Gasteiger partial charge in [0.15, 0.2) is 0 Å². The summed E-state index contributed by atoms with van der Waals surface area (Å²) in [6, 6.07) is 6.69. The van der Waals surface area contributed by atoms with Gasteiger partial charge in [-0.05, 0) is 43.2 Å². The fourth-order valence-electron chi connectivity index (χ4n) is 3.52. The van der Waals surface area contributed by atoms with Crippen LogP contribution in [0.5, 0.6) is 0 Å². The highest BCUT2D eigenvalue weighted by molar-refractivity contribution is 5.87. The average molecular weight is 241 g/mol. The van der Waals surface area contributed by atoms with Crippen LogP contribution in [0.25, 0.3) is 10.9 Å². The first-order chi connectivity index (χ1) is 8.72. The number of H-pyrrole nitrogens is 1. The molecular weight excluding hydrogens is 218 g/mol. The molecule has 0 amide bonds. The third kappa shape index (κ3) is 1.68. The van der Waals surface area contributed by atoms with Crippen molar-refractivity contribution in [1.29, 1.82) is 0 Å². The minimum atomic E-state index is 0.741. The Hall–Kier alpha value is -1.24. The monoisotopic (exact) mass is 241 g/mol. The van der Waals surface area contributed by atoms with E-state index < -0.39 is 0 Å². The van der Waals surface area contributed by atoms with Crippen molar-refractivity contribution in [3.63, 3.8) is 0 Å². The van der Waals surface area contributed by atoms with Gasteiger partial charge in [0.25, 0.3) is 0 Å². The van der Waals surface area contributed by atoms with Gasteiger partial charge in [-0.3, -0.25) is 0 Å². The number of aryl methyl sites for hydroxylation is 2. The number of aromatic amines is 1. The van der Waals surface area contributed by atoms with Crippen molar-refractivity contribution in [2.75, 3.05) is 0 Å². The maximum atomic E-state index is 3.75. The largest absolute Gasteiger partial charge is 0.358 e. The van der Waals surface area contributed by atoms with E-state index in [1.54, 1.807) is 11.3 Å². The maximum absolute atomic E-state index is 3.75. The molecule has 1 nitrogen and oxygen atoms in total. The lowest BCUT2D eigenvalue weighted by Crippen LogP contribution is -2.15. The highest BCUT2D eigenvalue weighted by Crippen LogP contribution is 2.41. The van der Waals surface area contributed by atoms with Crippen LogP contribution in [0, 0.1) is 12.8 Å². The SMILES string of the molecule is CCC(C)C1CCCc2c1[nH]c1c(C)cccc21. The summed E-state index contributed by atoms with van der Waals surface area (Å²) in [5.41, 5.74) is 5.90. The van der Waals surface area contributed by atoms with E-state index in [4.69, 9.17) is 0 Å². The molecule has 0 saturated heterocycles. The van der Waals surface area contributed by atoms with E-state index in [2.05, 4.69) is 44.0 Å². The number of benzene rings is 1. The predicted octanol–water partition coefficient (Wildman–Crippen LogP) is 4.94. The minimum Gasteiger partial charge on any atom is -0.358 e. The Morgan fingerprint density at radius 1 is 1.39 bits per heavy atom. The molecule has 2 aromatic rings. The van der Waals surface area contributed by atoms with Gasteiger partial charge >= 0.3 is 0 Å². The van der Waals surface area contributed by atoms with Crippen LogP contribution in [0.15, 0.2) is 18.2 Å².